The van der Waals surface area contributed by atoms with Gasteiger partial charge in [0, 0.05) is 27.2 Å². The van der Waals surface area contributed by atoms with Gasteiger partial charge >= 0.3 is 0 Å². The van der Waals surface area contributed by atoms with Gasteiger partial charge in [-0.25, -0.2) is 4.39 Å². The molecule has 0 spiro atoms. The molecule has 2 fully saturated rings. The van der Waals surface area contributed by atoms with Gasteiger partial charge in [0.15, 0.2) is 17.3 Å². The van der Waals surface area contributed by atoms with Crippen LogP contribution in [-0.2, 0) is 10.8 Å². The maximum absolute atomic E-state index is 14.1. The lowest BCUT2D eigenvalue weighted by Gasteiger charge is -2.37. The minimum atomic E-state index is -1.15. The summed E-state index contributed by atoms with van der Waals surface area (Å²) in [5.41, 5.74) is -0.228. The number of hydrogen-bond acceptors (Lipinski definition) is 3. The molecule has 0 amide bonds. The molecule has 3 nitrogen and oxygen atoms in total. The van der Waals surface area contributed by atoms with E-state index in [2.05, 4.69) is 0 Å². The molecular formula is C16H18F2O3S. The summed E-state index contributed by atoms with van der Waals surface area (Å²) in [4.78, 5) is 12.6. The van der Waals surface area contributed by atoms with Gasteiger partial charge in [-0.3, -0.25) is 9.00 Å². The normalized spacial score (nSPS) is 30.9. The Bertz CT molecular complexity index is 616. The van der Waals surface area contributed by atoms with Gasteiger partial charge in [-0.15, -0.1) is 0 Å². The summed E-state index contributed by atoms with van der Waals surface area (Å²) in [6.07, 6.45) is 3.76. The highest BCUT2D eigenvalue weighted by atomic mass is 32.2. The third kappa shape index (κ3) is 2.57. The number of Topliss-reactive ketones (excluding diaryl/α,β-unsaturated/α-hetero) is 1. The number of hydrogen-bond donors (Lipinski definition) is 0. The summed E-state index contributed by atoms with van der Waals surface area (Å²) >= 11 is 0. The molecule has 0 saturated carbocycles. The fourth-order valence-corrected chi connectivity index (χ4v) is 5.73. The van der Waals surface area contributed by atoms with Crippen molar-refractivity contribution in [1.29, 1.82) is 0 Å². The van der Waals surface area contributed by atoms with Crippen molar-refractivity contribution in [3.05, 3.63) is 29.3 Å². The highest BCUT2D eigenvalue weighted by molar-refractivity contribution is 7.86. The van der Waals surface area contributed by atoms with Crippen molar-refractivity contribution in [2.24, 2.45) is 5.92 Å². The van der Waals surface area contributed by atoms with Crippen LogP contribution in [0.5, 0.6) is 5.75 Å². The number of carbonyl (C=O) groups is 1. The SMILES string of the molecule is COc1ccc(C(=O)C2CC3CCCC(C2)S3=O)c(F)c1F. The van der Waals surface area contributed by atoms with E-state index in [1.165, 1.54) is 19.2 Å². The van der Waals surface area contributed by atoms with Gasteiger partial charge in [-0.1, -0.05) is 6.42 Å². The van der Waals surface area contributed by atoms with Gasteiger partial charge in [0.05, 0.1) is 12.7 Å². The van der Waals surface area contributed by atoms with Crippen LogP contribution in [0.3, 0.4) is 0 Å². The van der Waals surface area contributed by atoms with Crippen molar-refractivity contribution in [1.82, 2.24) is 0 Å². The quantitative estimate of drug-likeness (QED) is 0.800. The van der Waals surface area contributed by atoms with Crippen molar-refractivity contribution in [2.45, 2.75) is 42.6 Å². The molecule has 2 heterocycles. The molecule has 22 heavy (non-hydrogen) atoms. The zero-order valence-corrected chi connectivity index (χ0v) is 13.1. The van der Waals surface area contributed by atoms with E-state index < -0.39 is 22.4 Å². The maximum atomic E-state index is 14.1. The van der Waals surface area contributed by atoms with Crippen LogP contribution in [0, 0.1) is 17.6 Å². The molecule has 1 aromatic carbocycles. The second-order valence-corrected chi connectivity index (χ2v) is 7.97. The number of fused-ring (bicyclic) bond motifs is 2. The van der Waals surface area contributed by atoms with Crippen LogP contribution < -0.4 is 4.74 Å². The van der Waals surface area contributed by atoms with E-state index >= 15 is 0 Å². The van der Waals surface area contributed by atoms with Crippen LogP contribution in [0.4, 0.5) is 8.78 Å². The lowest BCUT2D eigenvalue weighted by Crippen LogP contribution is -2.41. The molecule has 1 aromatic rings. The average molecular weight is 328 g/mol. The summed E-state index contributed by atoms with van der Waals surface area (Å²) in [6.45, 7) is 0. The van der Waals surface area contributed by atoms with Gasteiger partial charge in [0.1, 0.15) is 0 Å². The first-order valence-electron chi connectivity index (χ1n) is 7.48. The first-order valence-corrected chi connectivity index (χ1v) is 8.76. The van der Waals surface area contributed by atoms with Crippen LogP contribution in [-0.4, -0.2) is 27.6 Å². The Hall–Kier alpha value is -1.30. The van der Waals surface area contributed by atoms with E-state index in [4.69, 9.17) is 4.74 Å². The van der Waals surface area contributed by atoms with E-state index in [9.17, 15) is 17.8 Å². The molecule has 2 saturated heterocycles. The lowest BCUT2D eigenvalue weighted by atomic mass is 9.84. The first-order chi connectivity index (χ1) is 10.5. The largest absolute Gasteiger partial charge is 0.494 e. The summed E-state index contributed by atoms with van der Waals surface area (Å²) in [6, 6.07) is 2.55. The molecule has 2 aliphatic rings. The third-order valence-corrected chi connectivity index (χ3v) is 6.88. The number of halogens is 2. The molecule has 2 bridgehead atoms. The number of methoxy groups -OCH3 is 1. The molecule has 2 aliphatic heterocycles. The maximum Gasteiger partial charge on any atom is 0.201 e. The van der Waals surface area contributed by atoms with E-state index in [0.29, 0.717) is 12.8 Å². The summed E-state index contributed by atoms with van der Waals surface area (Å²) in [7, 11) is 0.363. The first kappa shape index (κ1) is 15.6. The number of ether oxygens (including phenoxy) is 1. The highest BCUT2D eigenvalue weighted by Crippen LogP contribution is 2.38. The van der Waals surface area contributed by atoms with Crippen molar-refractivity contribution >= 4 is 16.6 Å². The fraction of sp³-hybridized carbons (Fsp3) is 0.562. The molecule has 6 heteroatoms. The van der Waals surface area contributed by atoms with Gasteiger partial charge in [0.2, 0.25) is 5.82 Å². The Balaban J connectivity index is 1.86. The van der Waals surface area contributed by atoms with Crippen LogP contribution in [0.2, 0.25) is 0 Å². The topological polar surface area (TPSA) is 43.4 Å². The number of ketones is 1. The minimum Gasteiger partial charge on any atom is -0.494 e. The third-order valence-electron chi connectivity index (χ3n) is 4.71. The smallest absolute Gasteiger partial charge is 0.201 e. The fourth-order valence-electron chi connectivity index (χ4n) is 3.55. The molecule has 120 valence electrons. The Morgan fingerprint density at radius 2 is 1.82 bits per heavy atom. The predicted molar refractivity (Wildman–Crippen MR) is 79.5 cm³/mol. The zero-order chi connectivity index (χ0) is 15.9. The van der Waals surface area contributed by atoms with Crippen LogP contribution in [0.15, 0.2) is 12.1 Å². The second-order valence-electron chi connectivity index (χ2n) is 5.98. The predicted octanol–water partition coefficient (Wildman–Crippen LogP) is 3.24. The zero-order valence-electron chi connectivity index (χ0n) is 12.3. The molecule has 0 N–H and O–H groups in total. The van der Waals surface area contributed by atoms with Crippen LogP contribution in [0.1, 0.15) is 42.5 Å². The summed E-state index contributed by atoms with van der Waals surface area (Å²) in [5, 5.41) is 0.0419. The highest BCUT2D eigenvalue weighted by Gasteiger charge is 2.41. The number of benzene rings is 1. The monoisotopic (exact) mass is 328 g/mol. The molecule has 0 aliphatic carbocycles. The number of carbonyl (C=O) groups excluding carboxylic acids is 1. The Kier molecular flexibility index (Phi) is 4.30. The van der Waals surface area contributed by atoms with Crippen LogP contribution >= 0.6 is 0 Å². The molecule has 2 unspecified atom stereocenters. The average Bonchev–Trinajstić information content (AvgIpc) is 2.49. The van der Waals surface area contributed by atoms with Crippen molar-refractivity contribution in [3.8, 4) is 5.75 Å². The Morgan fingerprint density at radius 3 is 2.41 bits per heavy atom. The number of rotatable bonds is 3. The van der Waals surface area contributed by atoms with Gasteiger partial charge in [0.25, 0.3) is 0 Å². The molecular weight excluding hydrogens is 310 g/mol. The molecule has 3 rings (SSSR count). The van der Waals surface area contributed by atoms with Crippen LogP contribution in [0.25, 0.3) is 0 Å². The lowest BCUT2D eigenvalue weighted by molar-refractivity contribution is 0.0890. The Morgan fingerprint density at radius 1 is 1.18 bits per heavy atom. The summed E-state index contributed by atoms with van der Waals surface area (Å²) in [5.74, 6) is -3.24. The Labute approximate surface area is 130 Å². The minimum absolute atomic E-state index is 0.0209. The van der Waals surface area contributed by atoms with Crippen molar-refractivity contribution in [3.63, 3.8) is 0 Å². The molecule has 0 radical (unpaired) electrons. The van der Waals surface area contributed by atoms with Gasteiger partial charge in [-0.05, 0) is 37.8 Å². The standard InChI is InChI=1S/C16H18F2O3S/c1-21-13-6-5-12(14(17)15(13)18)16(19)9-7-10-3-2-4-11(8-9)22(10)20/h5-6,9-11H,2-4,7-8H2,1H3. The second kappa shape index (κ2) is 6.07. The van der Waals surface area contributed by atoms with Gasteiger partial charge < -0.3 is 4.74 Å². The van der Waals surface area contributed by atoms with E-state index in [0.717, 1.165) is 19.3 Å². The summed E-state index contributed by atoms with van der Waals surface area (Å²) < 4.78 is 44.7. The van der Waals surface area contributed by atoms with Gasteiger partial charge in [-0.2, -0.15) is 4.39 Å². The van der Waals surface area contributed by atoms with E-state index in [-0.39, 0.29) is 33.5 Å². The molecule has 2 atom stereocenters. The van der Waals surface area contributed by atoms with E-state index in [1.54, 1.807) is 0 Å². The van der Waals surface area contributed by atoms with Crippen molar-refractivity contribution < 1.29 is 22.5 Å². The van der Waals surface area contributed by atoms with Crippen molar-refractivity contribution in [2.75, 3.05) is 7.11 Å². The molecule has 0 aromatic heterocycles. The van der Waals surface area contributed by atoms with E-state index in [1.807, 2.05) is 0 Å².